The summed E-state index contributed by atoms with van der Waals surface area (Å²) in [4.78, 5) is 11.9. The van der Waals surface area contributed by atoms with E-state index in [4.69, 9.17) is 9.47 Å². The molecule has 0 saturated carbocycles. The zero-order valence-corrected chi connectivity index (χ0v) is 21.0. The van der Waals surface area contributed by atoms with Crippen LogP contribution in [0.5, 0.6) is 5.75 Å². The standard InChI is InChI=1S/C18H21N3O3S.2Ca/c1-13-11-19-14(10-17(13)24-9-5-8-23-2)12-25(22)18-20-15-6-3-4-7-16(15)21-18;;/h3-4,6-7,10-11H,5,8-9,12H2,1-2H3,(H,20,21);;/q;2*+2. The van der Waals surface area contributed by atoms with E-state index in [0.29, 0.717) is 24.1 Å². The first-order valence-electron chi connectivity index (χ1n) is 8.08. The van der Waals surface area contributed by atoms with Gasteiger partial charge in [-0.3, -0.25) is 9.19 Å². The normalized spacial score (nSPS) is 11.5. The zero-order valence-electron chi connectivity index (χ0n) is 15.7. The largest absolute Gasteiger partial charge is 2.00 e. The van der Waals surface area contributed by atoms with Crippen LogP contribution in [0, 0.1) is 6.92 Å². The smallest absolute Gasteiger partial charge is 0.493 e. The number of fused-ring (bicyclic) bond motifs is 1. The second-order valence-electron chi connectivity index (χ2n) is 5.68. The summed E-state index contributed by atoms with van der Waals surface area (Å²) in [7, 11) is 0.374. The number of benzene rings is 1. The van der Waals surface area contributed by atoms with Crippen molar-refractivity contribution >= 4 is 97.3 Å². The van der Waals surface area contributed by atoms with Gasteiger partial charge in [0.15, 0.2) is 5.16 Å². The molecule has 0 radical (unpaired) electrons. The number of aromatic amines is 1. The van der Waals surface area contributed by atoms with Gasteiger partial charge in [0.05, 0.1) is 39.9 Å². The number of imidazole rings is 1. The molecule has 0 fully saturated rings. The van der Waals surface area contributed by atoms with Crippen molar-refractivity contribution in [2.75, 3.05) is 20.3 Å². The number of ether oxygens (including phenoxy) is 2. The van der Waals surface area contributed by atoms with Crippen LogP contribution in [0.4, 0.5) is 0 Å². The Bertz CT molecular complexity index is 856. The van der Waals surface area contributed by atoms with Crippen molar-refractivity contribution in [3.8, 4) is 5.75 Å². The molecule has 1 unspecified atom stereocenters. The van der Waals surface area contributed by atoms with Crippen molar-refractivity contribution in [1.29, 1.82) is 0 Å². The van der Waals surface area contributed by atoms with Gasteiger partial charge in [0.25, 0.3) is 0 Å². The van der Waals surface area contributed by atoms with Crippen molar-refractivity contribution < 1.29 is 13.7 Å². The predicted molar refractivity (Wildman–Crippen MR) is 109 cm³/mol. The maximum atomic E-state index is 12.6. The number of aryl methyl sites for hydroxylation is 1. The molecule has 0 saturated heterocycles. The van der Waals surface area contributed by atoms with E-state index in [2.05, 4.69) is 15.0 Å². The van der Waals surface area contributed by atoms with Crippen LogP contribution >= 0.6 is 0 Å². The molecule has 6 nitrogen and oxygen atoms in total. The third-order valence-electron chi connectivity index (χ3n) is 3.72. The Balaban J connectivity index is 0.00000182. The first kappa shape index (κ1) is 25.3. The van der Waals surface area contributed by atoms with Gasteiger partial charge in [-0.1, -0.05) is 12.1 Å². The van der Waals surface area contributed by atoms with E-state index >= 15 is 0 Å². The first-order valence-corrected chi connectivity index (χ1v) is 9.39. The van der Waals surface area contributed by atoms with Gasteiger partial charge in [-0.05, 0) is 19.1 Å². The summed E-state index contributed by atoms with van der Waals surface area (Å²) in [5.74, 6) is 1.05. The van der Waals surface area contributed by atoms with Crippen LogP contribution in [0.25, 0.3) is 11.0 Å². The monoisotopic (exact) mass is 439 g/mol. The fraction of sp³-hybridized carbons (Fsp3) is 0.333. The van der Waals surface area contributed by atoms with Crippen molar-refractivity contribution in [1.82, 2.24) is 15.0 Å². The molecule has 1 atom stereocenters. The van der Waals surface area contributed by atoms with Gasteiger partial charge >= 0.3 is 75.5 Å². The quantitative estimate of drug-likeness (QED) is 0.430. The average molecular weight is 440 g/mol. The van der Waals surface area contributed by atoms with Gasteiger partial charge in [0, 0.05) is 38.0 Å². The molecular weight excluding hydrogens is 418 g/mol. The molecule has 0 aliphatic heterocycles. The maximum absolute atomic E-state index is 12.6. The average Bonchev–Trinajstić information content (AvgIpc) is 3.05. The molecule has 132 valence electrons. The van der Waals surface area contributed by atoms with Crippen LogP contribution in [-0.4, -0.2) is 115 Å². The fourth-order valence-electron chi connectivity index (χ4n) is 2.41. The third kappa shape index (κ3) is 7.23. The van der Waals surface area contributed by atoms with Gasteiger partial charge in [-0.2, -0.15) is 0 Å². The molecule has 0 amide bonds. The number of nitrogens with one attached hydrogen (secondary N) is 1. The fourth-order valence-corrected chi connectivity index (χ4v) is 3.39. The molecule has 2 aromatic heterocycles. The summed E-state index contributed by atoms with van der Waals surface area (Å²) in [5.41, 5.74) is 3.36. The Morgan fingerprint density at radius 1 is 1.19 bits per heavy atom. The van der Waals surface area contributed by atoms with E-state index in [1.807, 2.05) is 37.3 Å². The van der Waals surface area contributed by atoms with Crippen LogP contribution in [0.1, 0.15) is 17.7 Å². The Labute approximate surface area is 221 Å². The number of aromatic nitrogens is 3. The molecule has 3 rings (SSSR count). The van der Waals surface area contributed by atoms with E-state index in [1.165, 1.54) is 0 Å². The van der Waals surface area contributed by atoms with Gasteiger partial charge in [-0.15, -0.1) is 0 Å². The van der Waals surface area contributed by atoms with E-state index in [-0.39, 0.29) is 81.2 Å². The van der Waals surface area contributed by atoms with Gasteiger partial charge in [-0.25, -0.2) is 4.98 Å². The number of nitrogens with zero attached hydrogens (tertiary/aromatic N) is 2. The number of hydrogen-bond acceptors (Lipinski definition) is 5. The Morgan fingerprint density at radius 2 is 1.96 bits per heavy atom. The molecule has 27 heavy (non-hydrogen) atoms. The number of H-pyrrole nitrogens is 1. The number of rotatable bonds is 8. The minimum absolute atomic E-state index is 0. The van der Waals surface area contributed by atoms with Crippen molar-refractivity contribution in [2.24, 2.45) is 0 Å². The molecule has 1 N–H and O–H groups in total. The molecule has 2 heterocycles. The number of para-hydroxylation sites is 2. The molecule has 0 aliphatic rings. The summed E-state index contributed by atoms with van der Waals surface area (Å²) < 4.78 is 23.4. The summed E-state index contributed by atoms with van der Waals surface area (Å²) in [5, 5.41) is 0.464. The Kier molecular flexibility index (Phi) is 12.0. The molecule has 0 bridgehead atoms. The number of hydrogen-bond donors (Lipinski definition) is 1. The van der Waals surface area contributed by atoms with E-state index in [9.17, 15) is 4.21 Å². The summed E-state index contributed by atoms with van der Waals surface area (Å²) in [6.07, 6.45) is 2.56. The Hall–Kier alpha value is 0.269. The zero-order chi connectivity index (χ0) is 17.6. The Morgan fingerprint density at radius 3 is 2.70 bits per heavy atom. The minimum atomic E-state index is -1.30. The van der Waals surface area contributed by atoms with Gasteiger partial charge in [0.1, 0.15) is 5.75 Å². The number of pyridine rings is 1. The van der Waals surface area contributed by atoms with Crippen LogP contribution in [0.3, 0.4) is 0 Å². The second kappa shape index (κ2) is 12.8. The summed E-state index contributed by atoms with van der Waals surface area (Å²) >= 11 is 0. The SMILES string of the molecule is COCCCOc1cc(CS(=O)c2nc3ccccc3[nH]2)ncc1C.[Ca+2].[Ca+2]. The topological polar surface area (TPSA) is 77.1 Å². The molecule has 3 aromatic rings. The van der Waals surface area contributed by atoms with E-state index < -0.39 is 10.8 Å². The molecule has 0 spiro atoms. The molecule has 1 aromatic carbocycles. The van der Waals surface area contributed by atoms with Crippen LogP contribution in [-0.2, 0) is 21.3 Å². The van der Waals surface area contributed by atoms with Gasteiger partial charge in [0.2, 0.25) is 0 Å². The van der Waals surface area contributed by atoms with E-state index in [0.717, 1.165) is 28.8 Å². The van der Waals surface area contributed by atoms with Crippen LogP contribution in [0.2, 0.25) is 0 Å². The minimum Gasteiger partial charge on any atom is -0.493 e. The summed E-state index contributed by atoms with van der Waals surface area (Å²) in [6, 6.07) is 9.48. The third-order valence-corrected chi connectivity index (χ3v) is 4.91. The second-order valence-corrected chi connectivity index (χ2v) is 7.05. The van der Waals surface area contributed by atoms with E-state index in [1.54, 1.807) is 13.3 Å². The van der Waals surface area contributed by atoms with Gasteiger partial charge < -0.3 is 14.5 Å². The predicted octanol–water partition coefficient (Wildman–Crippen LogP) is 2.23. The molecule has 9 heteroatoms. The van der Waals surface area contributed by atoms with Crippen molar-refractivity contribution in [3.05, 3.63) is 47.8 Å². The molecular formula is C18H21Ca2N3O3S+4. The number of methoxy groups -OCH3 is 1. The maximum Gasteiger partial charge on any atom is 2.00 e. The van der Waals surface area contributed by atoms with Crippen molar-refractivity contribution in [3.63, 3.8) is 0 Å². The van der Waals surface area contributed by atoms with Crippen LogP contribution < -0.4 is 4.74 Å². The summed E-state index contributed by atoms with van der Waals surface area (Å²) in [6.45, 7) is 3.18. The first-order chi connectivity index (χ1) is 12.2. The van der Waals surface area contributed by atoms with Crippen LogP contribution in [0.15, 0.2) is 41.7 Å². The molecule has 0 aliphatic carbocycles. The van der Waals surface area contributed by atoms with Crippen molar-refractivity contribution in [2.45, 2.75) is 24.3 Å².